The van der Waals surface area contributed by atoms with Crippen molar-refractivity contribution in [2.45, 2.75) is 6.92 Å². The molecule has 0 aliphatic rings. The Morgan fingerprint density at radius 2 is 2.00 bits per heavy atom. The van der Waals surface area contributed by atoms with E-state index in [0.29, 0.717) is 5.69 Å². The van der Waals surface area contributed by atoms with Crippen molar-refractivity contribution in [2.75, 3.05) is 0 Å². The van der Waals surface area contributed by atoms with Gasteiger partial charge in [-0.1, -0.05) is 18.2 Å². The van der Waals surface area contributed by atoms with Crippen LogP contribution in [0.25, 0.3) is 0 Å². The van der Waals surface area contributed by atoms with Gasteiger partial charge >= 0.3 is 5.97 Å². The van der Waals surface area contributed by atoms with Crippen molar-refractivity contribution in [3.05, 3.63) is 30.3 Å². The highest BCUT2D eigenvalue weighted by atomic mass is 16.7. The van der Waals surface area contributed by atoms with E-state index < -0.39 is 5.97 Å². The molecule has 0 saturated carbocycles. The number of hydrogen-bond acceptors (Lipinski definition) is 4. The van der Waals surface area contributed by atoms with Gasteiger partial charge in [0.05, 0.1) is 5.69 Å². The van der Waals surface area contributed by atoms with E-state index in [9.17, 15) is 4.79 Å². The van der Waals surface area contributed by atoms with Crippen molar-refractivity contribution in [1.29, 1.82) is 0 Å². The van der Waals surface area contributed by atoms with Crippen LogP contribution < -0.4 is 0 Å². The average molecular weight is 164 g/mol. The van der Waals surface area contributed by atoms with Crippen molar-refractivity contribution in [3.63, 3.8) is 0 Å². The largest absolute Gasteiger partial charge is 0.333 e. The standard InChI is InChI=1S/C8H8N2O2/c1-7(11)12-10-9-8-5-3-2-4-6-8/h2-6H,1H3. The molecule has 1 aromatic carbocycles. The number of hydrogen-bond donors (Lipinski definition) is 0. The Morgan fingerprint density at radius 3 is 2.58 bits per heavy atom. The molecule has 1 aromatic rings. The Balaban J connectivity index is 2.52. The quantitative estimate of drug-likeness (QED) is 0.497. The predicted molar refractivity (Wildman–Crippen MR) is 42.7 cm³/mol. The summed E-state index contributed by atoms with van der Waals surface area (Å²) in [7, 11) is 0. The maximum Gasteiger partial charge on any atom is 0.333 e. The highest BCUT2D eigenvalue weighted by Crippen LogP contribution is 2.09. The fraction of sp³-hybridized carbons (Fsp3) is 0.125. The monoisotopic (exact) mass is 164 g/mol. The van der Waals surface area contributed by atoms with Gasteiger partial charge < -0.3 is 4.84 Å². The molecule has 0 fully saturated rings. The number of carbonyl (C=O) groups is 1. The number of carbonyl (C=O) groups excluding carboxylic acids is 1. The van der Waals surface area contributed by atoms with E-state index in [0.717, 1.165) is 0 Å². The lowest BCUT2D eigenvalue weighted by Crippen LogP contribution is -1.88. The Morgan fingerprint density at radius 1 is 1.33 bits per heavy atom. The average Bonchev–Trinajstić information content (AvgIpc) is 2.05. The second kappa shape index (κ2) is 4.23. The molecule has 0 radical (unpaired) electrons. The van der Waals surface area contributed by atoms with E-state index in [4.69, 9.17) is 0 Å². The molecule has 0 aliphatic heterocycles. The van der Waals surface area contributed by atoms with Gasteiger partial charge in [0.25, 0.3) is 0 Å². The summed E-state index contributed by atoms with van der Waals surface area (Å²) in [4.78, 5) is 14.5. The molecular formula is C8H8N2O2. The molecule has 12 heavy (non-hydrogen) atoms. The summed E-state index contributed by atoms with van der Waals surface area (Å²) >= 11 is 0. The van der Waals surface area contributed by atoms with Crippen LogP contribution in [0.3, 0.4) is 0 Å². The third-order valence-electron chi connectivity index (χ3n) is 1.08. The maximum atomic E-state index is 10.3. The summed E-state index contributed by atoms with van der Waals surface area (Å²) < 4.78 is 0. The summed E-state index contributed by atoms with van der Waals surface area (Å²) in [5.74, 6) is -0.477. The number of rotatable bonds is 2. The Kier molecular flexibility index (Phi) is 2.95. The van der Waals surface area contributed by atoms with Crippen molar-refractivity contribution in [1.82, 2.24) is 0 Å². The van der Waals surface area contributed by atoms with Crippen LogP contribution in [-0.4, -0.2) is 5.97 Å². The van der Waals surface area contributed by atoms with Crippen LogP contribution in [0.15, 0.2) is 40.7 Å². The van der Waals surface area contributed by atoms with Crippen molar-refractivity contribution in [2.24, 2.45) is 10.4 Å². The van der Waals surface area contributed by atoms with Crippen molar-refractivity contribution >= 4 is 11.7 Å². The molecule has 1 rings (SSSR count). The maximum absolute atomic E-state index is 10.3. The lowest BCUT2D eigenvalue weighted by Gasteiger charge is -1.88. The molecular weight excluding hydrogens is 156 g/mol. The molecule has 0 aliphatic carbocycles. The van der Waals surface area contributed by atoms with Gasteiger partial charge in [-0.2, -0.15) is 0 Å². The van der Waals surface area contributed by atoms with E-state index in [1.165, 1.54) is 6.92 Å². The van der Waals surface area contributed by atoms with Crippen LogP contribution in [0.2, 0.25) is 0 Å². The van der Waals surface area contributed by atoms with Crippen molar-refractivity contribution in [3.8, 4) is 0 Å². The molecule has 0 N–H and O–H groups in total. The molecule has 0 aromatic heterocycles. The first-order valence-corrected chi connectivity index (χ1v) is 3.43. The SMILES string of the molecule is CC(=O)ON=Nc1ccccc1. The number of nitrogens with zero attached hydrogens (tertiary/aromatic N) is 2. The van der Waals surface area contributed by atoms with Gasteiger partial charge in [-0.25, -0.2) is 4.79 Å². The first kappa shape index (κ1) is 8.39. The van der Waals surface area contributed by atoms with Gasteiger partial charge in [-0.05, 0) is 12.1 Å². The summed E-state index contributed by atoms with van der Waals surface area (Å²) in [6.07, 6.45) is 0. The molecule has 0 spiro atoms. The topological polar surface area (TPSA) is 51.0 Å². The lowest BCUT2D eigenvalue weighted by molar-refractivity contribution is -0.141. The van der Waals surface area contributed by atoms with Crippen LogP contribution in [-0.2, 0) is 9.63 Å². The second-order valence-electron chi connectivity index (χ2n) is 2.10. The smallest absolute Gasteiger partial charge is 0.300 e. The molecule has 0 heterocycles. The zero-order chi connectivity index (χ0) is 8.81. The van der Waals surface area contributed by atoms with Gasteiger partial charge in [-0.3, -0.25) is 0 Å². The van der Waals surface area contributed by atoms with Crippen molar-refractivity contribution < 1.29 is 9.63 Å². The third-order valence-corrected chi connectivity index (χ3v) is 1.08. The zero-order valence-electron chi connectivity index (χ0n) is 6.60. The normalized spacial score (nSPS) is 10.1. The minimum atomic E-state index is -0.477. The third kappa shape index (κ3) is 2.92. The molecule has 62 valence electrons. The summed E-state index contributed by atoms with van der Waals surface area (Å²) in [6, 6.07) is 9.02. The van der Waals surface area contributed by atoms with Crippen LogP contribution in [0.1, 0.15) is 6.92 Å². The molecule has 0 unspecified atom stereocenters. The van der Waals surface area contributed by atoms with E-state index >= 15 is 0 Å². The molecule has 0 atom stereocenters. The Hall–Kier alpha value is -1.71. The van der Waals surface area contributed by atoms with Gasteiger partial charge in [0.15, 0.2) is 0 Å². The second-order valence-corrected chi connectivity index (χ2v) is 2.10. The van der Waals surface area contributed by atoms with Crippen LogP contribution >= 0.6 is 0 Å². The Labute approximate surface area is 69.8 Å². The van der Waals surface area contributed by atoms with E-state index in [1.807, 2.05) is 18.2 Å². The summed E-state index contributed by atoms with van der Waals surface area (Å²) in [5, 5.41) is 6.84. The summed E-state index contributed by atoms with van der Waals surface area (Å²) in [5.41, 5.74) is 0.652. The fourth-order valence-electron chi connectivity index (χ4n) is 0.620. The minimum absolute atomic E-state index is 0.477. The van der Waals surface area contributed by atoms with E-state index in [-0.39, 0.29) is 0 Å². The lowest BCUT2D eigenvalue weighted by atomic mass is 10.3. The van der Waals surface area contributed by atoms with E-state index in [1.54, 1.807) is 12.1 Å². The first-order valence-electron chi connectivity index (χ1n) is 3.43. The fourth-order valence-corrected chi connectivity index (χ4v) is 0.620. The highest BCUT2D eigenvalue weighted by Gasteiger charge is 1.88. The highest BCUT2D eigenvalue weighted by molar-refractivity contribution is 5.65. The molecule has 0 saturated heterocycles. The first-order chi connectivity index (χ1) is 5.79. The van der Waals surface area contributed by atoms with Gasteiger partial charge in [0.1, 0.15) is 0 Å². The van der Waals surface area contributed by atoms with E-state index in [2.05, 4.69) is 15.2 Å². The molecule has 0 bridgehead atoms. The predicted octanol–water partition coefficient (Wildman–Crippen LogP) is 2.25. The summed E-state index contributed by atoms with van der Waals surface area (Å²) in [6.45, 7) is 1.27. The van der Waals surface area contributed by atoms with Crippen LogP contribution in [0.4, 0.5) is 5.69 Å². The van der Waals surface area contributed by atoms with Crippen LogP contribution in [0.5, 0.6) is 0 Å². The molecule has 4 heteroatoms. The van der Waals surface area contributed by atoms with Gasteiger partial charge in [0, 0.05) is 12.2 Å². The molecule has 0 amide bonds. The van der Waals surface area contributed by atoms with Crippen LogP contribution in [0, 0.1) is 0 Å². The van der Waals surface area contributed by atoms with Gasteiger partial charge in [0.2, 0.25) is 0 Å². The Bertz CT molecular complexity index is 282. The number of benzene rings is 1. The van der Waals surface area contributed by atoms with Gasteiger partial charge in [-0.15, -0.1) is 5.11 Å². The minimum Gasteiger partial charge on any atom is -0.300 e. The zero-order valence-corrected chi connectivity index (χ0v) is 6.60. The molecule has 4 nitrogen and oxygen atoms in total.